The van der Waals surface area contributed by atoms with Gasteiger partial charge in [-0.05, 0) is 24.1 Å². The molecule has 0 saturated heterocycles. The van der Waals surface area contributed by atoms with Gasteiger partial charge in [-0.2, -0.15) is 0 Å². The van der Waals surface area contributed by atoms with Crippen LogP contribution in [0, 0.1) is 0 Å². The van der Waals surface area contributed by atoms with E-state index in [0.717, 1.165) is 34.3 Å². The molecule has 0 fully saturated rings. The maximum atomic E-state index is 12.1. The van der Waals surface area contributed by atoms with Gasteiger partial charge in [0.1, 0.15) is 5.75 Å². The zero-order chi connectivity index (χ0) is 19.8. The fraction of sp³-hybridized carbons (Fsp3) is 0.286. The lowest BCUT2D eigenvalue weighted by atomic mass is 10.1. The number of benzene rings is 2. The lowest BCUT2D eigenvalue weighted by molar-refractivity contribution is -0.120. The summed E-state index contributed by atoms with van der Waals surface area (Å²) in [4.78, 5) is 12.1. The lowest BCUT2D eigenvalue weighted by Gasteiger charge is -2.07. The Morgan fingerprint density at radius 1 is 1.14 bits per heavy atom. The van der Waals surface area contributed by atoms with Crippen molar-refractivity contribution in [2.45, 2.75) is 18.0 Å². The molecule has 6 nitrogen and oxygen atoms in total. The summed E-state index contributed by atoms with van der Waals surface area (Å²) in [6.07, 6.45) is 1.22. The topological polar surface area (TPSA) is 69.0 Å². The number of aromatic nitrogens is 3. The van der Waals surface area contributed by atoms with E-state index in [9.17, 15) is 4.79 Å². The Bertz CT molecular complexity index is 912. The Morgan fingerprint density at radius 3 is 2.75 bits per heavy atom. The first kappa shape index (κ1) is 19.9. The van der Waals surface area contributed by atoms with Crippen LogP contribution in [0.15, 0.2) is 59.8 Å². The number of carbonyl (C=O) groups is 1. The molecule has 3 aromatic rings. The summed E-state index contributed by atoms with van der Waals surface area (Å²) in [7, 11) is 3.59. The van der Waals surface area contributed by atoms with Crippen molar-refractivity contribution in [3.8, 4) is 17.1 Å². The maximum Gasteiger partial charge on any atom is 0.220 e. The van der Waals surface area contributed by atoms with E-state index in [4.69, 9.17) is 4.74 Å². The molecule has 146 valence electrons. The van der Waals surface area contributed by atoms with Gasteiger partial charge in [0.15, 0.2) is 11.0 Å². The number of amides is 1. The van der Waals surface area contributed by atoms with Crippen molar-refractivity contribution in [3.05, 3.63) is 60.2 Å². The summed E-state index contributed by atoms with van der Waals surface area (Å²) in [5.74, 6) is 2.36. The van der Waals surface area contributed by atoms with Crippen molar-refractivity contribution in [1.82, 2.24) is 20.1 Å². The summed E-state index contributed by atoms with van der Waals surface area (Å²) in [5.41, 5.74) is 2.17. The molecule has 0 atom stereocenters. The minimum absolute atomic E-state index is 0.0425. The normalized spacial score (nSPS) is 10.6. The number of hydrogen-bond acceptors (Lipinski definition) is 5. The van der Waals surface area contributed by atoms with Crippen molar-refractivity contribution < 1.29 is 9.53 Å². The van der Waals surface area contributed by atoms with Crippen molar-refractivity contribution in [3.63, 3.8) is 0 Å². The summed E-state index contributed by atoms with van der Waals surface area (Å²) < 4.78 is 7.17. The van der Waals surface area contributed by atoms with Crippen molar-refractivity contribution >= 4 is 17.7 Å². The van der Waals surface area contributed by atoms with Gasteiger partial charge in [-0.3, -0.25) is 4.79 Å². The molecule has 0 aliphatic rings. The van der Waals surface area contributed by atoms with E-state index in [1.807, 2.05) is 66.2 Å². The fourth-order valence-corrected chi connectivity index (χ4v) is 3.63. The molecule has 1 heterocycles. The first-order valence-corrected chi connectivity index (χ1v) is 10.1. The van der Waals surface area contributed by atoms with Crippen LogP contribution in [0.4, 0.5) is 0 Å². The highest BCUT2D eigenvalue weighted by Gasteiger charge is 2.11. The van der Waals surface area contributed by atoms with E-state index in [0.29, 0.717) is 18.7 Å². The highest BCUT2D eigenvalue weighted by molar-refractivity contribution is 7.99. The highest BCUT2D eigenvalue weighted by Crippen LogP contribution is 2.22. The Morgan fingerprint density at radius 2 is 1.96 bits per heavy atom. The van der Waals surface area contributed by atoms with Gasteiger partial charge in [0.25, 0.3) is 0 Å². The lowest BCUT2D eigenvalue weighted by Crippen LogP contribution is -2.25. The Hall–Kier alpha value is -2.80. The van der Waals surface area contributed by atoms with E-state index in [-0.39, 0.29) is 5.91 Å². The molecule has 0 aliphatic carbocycles. The number of hydrogen-bond donors (Lipinski definition) is 1. The second-order valence-electron chi connectivity index (χ2n) is 6.28. The van der Waals surface area contributed by atoms with Gasteiger partial charge in [0, 0.05) is 31.3 Å². The quantitative estimate of drug-likeness (QED) is 0.562. The van der Waals surface area contributed by atoms with E-state index in [1.165, 1.54) is 11.8 Å². The molecule has 28 heavy (non-hydrogen) atoms. The Labute approximate surface area is 169 Å². The molecular weight excluding hydrogens is 372 g/mol. The molecule has 0 spiro atoms. The first-order chi connectivity index (χ1) is 13.7. The number of thioether (sulfide) groups is 1. The van der Waals surface area contributed by atoms with Crippen LogP contribution < -0.4 is 10.1 Å². The number of ether oxygens (including phenoxy) is 1. The molecule has 0 aliphatic heterocycles. The van der Waals surface area contributed by atoms with Crippen LogP contribution in [0.1, 0.15) is 12.0 Å². The predicted molar refractivity (Wildman–Crippen MR) is 111 cm³/mol. The fourth-order valence-electron chi connectivity index (χ4n) is 2.78. The molecule has 0 saturated carbocycles. The smallest absolute Gasteiger partial charge is 0.220 e. The number of carbonyl (C=O) groups excluding carboxylic acids is 1. The standard InChI is InChI=1S/C21H24N4O2S/c1-25-20(17-8-4-3-5-9-17)23-24-21(25)28-14-12-19(26)22-13-11-16-7-6-10-18(15-16)27-2/h3-10,15H,11-14H2,1-2H3,(H,22,26). The molecule has 0 unspecified atom stereocenters. The van der Waals surface area contributed by atoms with E-state index in [1.54, 1.807) is 7.11 Å². The largest absolute Gasteiger partial charge is 0.497 e. The van der Waals surface area contributed by atoms with Gasteiger partial charge >= 0.3 is 0 Å². The summed E-state index contributed by atoms with van der Waals surface area (Å²) in [6, 6.07) is 17.8. The molecule has 1 amide bonds. The number of methoxy groups -OCH3 is 1. The van der Waals surface area contributed by atoms with Crippen LogP contribution in [0.25, 0.3) is 11.4 Å². The zero-order valence-electron chi connectivity index (χ0n) is 16.1. The monoisotopic (exact) mass is 396 g/mol. The number of nitrogens with one attached hydrogen (secondary N) is 1. The number of nitrogens with zero attached hydrogens (tertiary/aromatic N) is 3. The van der Waals surface area contributed by atoms with Crippen molar-refractivity contribution in [2.75, 3.05) is 19.4 Å². The zero-order valence-corrected chi connectivity index (χ0v) is 16.9. The van der Waals surface area contributed by atoms with Crippen molar-refractivity contribution in [1.29, 1.82) is 0 Å². The van der Waals surface area contributed by atoms with Crippen LogP contribution in [-0.4, -0.2) is 40.1 Å². The van der Waals surface area contributed by atoms with Gasteiger partial charge in [-0.25, -0.2) is 0 Å². The molecule has 0 bridgehead atoms. The third kappa shape index (κ3) is 5.36. The van der Waals surface area contributed by atoms with Gasteiger partial charge in [-0.1, -0.05) is 54.2 Å². The highest BCUT2D eigenvalue weighted by atomic mass is 32.2. The summed E-state index contributed by atoms with van der Waals surface area (Å²) in [6.45, 7) is 0.610. The van der Waals surface area contributed by atoms with Gasteiger partial charge in [-0.15, -0.1) is 10.2 Å². The van der Waals surface area contributed by atoms with Crippen LogP contribution in [0.5, 0.6) is 5.75 Å². The molecular formula is C21H24N4O2S. The minimum atomic E-state index is 0.0425. The van der Waals surface area contributed by atoms with Gasteiger partial charge in [0.2, 0.25) is 5.91 Å². The minimum Gasteiger partial charge on any atom is -0.497 e. The van der Waals surface area contributed by atoms with Gasteiger partial charge in [0.05, 0.1) is 7.11 Å². The average molecular weight is 397 g/mol. The van der Waals surface area contributed by atoms with Crippen LogP contribution in [-0.2, 0) is 18.3 Å². The van der Waals surface area contributed by atoms with Crippen molar-refractivity contribution in [2.24, 2.45) is 7.05 Å². The first-order valence-electron chi connectivity index (χ1n) is 9.14. The van der Waals surface area contributed by atoms with Gasteiger partial charge < -0.3 is 14.6 Å². The maximum absolute atomic E-state index is 12.1. The molecule has 1 aromatic heterocycles. The predicted octanol–water partition coefficient (Wildman–Crippen LogP) is 3.33. The second-order valence-corrected chi connectivity index (χ2v) is 7.34. The van der Waals surface area contributed by atoms with E-state index in [2.05, 4.69) is 15.5 Å². The van der Waals surface area contributed by atoms with Crippen LogP contribution >= 0.6 is 11.8 Å². The Kier molecular flexibility index (Phi) is 7.08. The molecule has 2 aromatic carbocycles. The third-order valence-corrected chi connectivity index (χ3v) is 5.32. The van der Waals surface area contributed by atoms with Crippen LogP contribution in [0.3, 0.4) is 0 Å². The second kappa shape index (κ2) is 9.94. The Balaban J connectivity index is 1.41. The third-order valence-electron chi connectivity index (χ3n) is 4.30. The molecule has 3 rings (SSSR count). The molecule has 7 heteroatoms. The van der Waals surface area contributed by atoms with E-state index >= 15 is 0 Å². The SMILES string of the molecule is COc1cccc(CCNC(=O)CCSc2nnc(-c3ccccc3)n2C)c1. The molecule has 1 N–H and O–H groups in total. The number of rotatable bonds is 9. The average Bonchev–Trinajstić information content (AvgIpc) is 3.09. The summed E-state index contributed by atoms with van der Waals surface area (Å²) in [5, 5.41) is 12.3. The van der Waals surface area contributed by atoms with E-state index < -0.39 is 0 Å². The van der Waals surface area contributed by atoms with Crippen LogP contribution in [0.2, 0.25) is 0 Å². The summed E-state index contributed by atoms with van der Waals surface area (Å²) >= 11 is 1.54. The molecule has 0 radical (unpaired) electrons.